The van der Waals surface area contributed by atoms with Crippen molar-refractivity contribution in [2.75, 3.05) is 26.7 Å². The molecule has 5 nitrogen and oxygen atoms in total. The van der Waals surface area contributed by atoms with Crippen molar-refractivity contribution >= 4 is 23.4 Å². The molecule has 0 saturated carbocycles. The van der Waals surface area contributed by atoms with E-state index < -0.39 is 0 Å². The van der Waals surface area contributed by atoms with Gasteiger partial charge in [0.05, 0.1) is 13.0 Å². The molecular formula is C23H27ClN2O3. The average molecular weight is 415 g/mol. The molecule has 1 heterocycles. The number of ether oxygens (including phenoxy) is 1. The fourth-order valence-corrected chi connectivity index (χ4v) is 3.94. The number of hydrogen-bond donors (Lipinski definition) is 1. The van der Waals surface area contributed by atoms with Gasteiger partial charge in [-0.3, -0.25) is 9.59 Å². The van der Waals surface area contributed by atoms with Gasteiger partial charge in [0.25, 0.3) is 5.91 Å². The first kappa shape index (κ1) is 21.2. The summed E-state index contributed by atoms with van der Waals surface area (Å²) in [6.45, 7) is 3.58. The van der Waals surface area contributed by atoms with Gasteiger partial charge < -0.3 is 15.0 Å². The first-order chi connectivity index (χ1) is 14.0. The van der Waals surface area contributed by atoms with E-state index in [0.717, 1.165) is 24.2 Å². The van der Waals surface area contributed by atoms with Crippen molar-refractivity contribution in [2.45, 2.75) is 25.7 Å². The molecular weight excluding hydrogens is 388 g/mol. The van der Waals surface area contributed by atoms with Crippen LogP contribution in [0.1, 0.15) is 41.6 Å². The second kappa shape index (κ2) is 9.79. The molecule has 0 aromatic heterocycles. The lowest BCUT2D eigenvalue weighted by Gasteiger charge is -2.20. The number of benzene rings is 2. The zero-order valence-electron chi connectivity index (χ0n) is 16.9. The Bertz CT molecular complexity index is 853. The fourth-order valence-electron chi connectivity index (χ4n) is 3.82. The molecule has 1 N–H and O–H groups in total. The van der Waals surface area contributed by atoms with Gasteiger partial charge in [-0.25, -0.2) is 0 Å². The number of para-hydroxylation sites is 1. The van der Waals surface area contributed by atoms with Gasteiger partial charge >= 0.3 is 0 Å². The van der Waals surface area contributed by atoms with Crippen LogP contribution in [0.3, 0.4) is 0 Å². The van der Waals surface area contributed by atoms with E-state index in [0.29, 0.717) is 30.2 Å². The molecule has 2 aromatic rings. The van der Waals surface area contributed by atoms with Crippen LogP contribution >= 0.6 is 11.6 Å². The number of rotatable bonds is 7. The van der Waals surface area contributed by atoms with E-state index >= 15 is 0 Å². The van der Waals surface area contributed by atoms with Crippen molar-refractivity contribution in [3.05, 3.63) is 64.7 Å². The lowest BCUT2D eigenvalue weighted by molar-refractivity contribution is -0.124. The molecule has 29 heavy (non-hydrogen) atoms. The van der Waals surface area contributed by atoms with Crippen LogP contribution in [0.2, 0.25) is 5.02 Å². The maximum absolute atomic E-state index is 13.0. The number of halogens is 1. The van der Waals surface area contributed by atoms with Crippen LogP contribution in [0.25, 0.3) is 0 Å². The highest BCUT2D eigenvalue weighted by atomic mass is 35.5. The minimum Gasteiger partial charge on any atom is -0.496 e. The first-order valence-corrected chi connectivity index (χ1v) is 10.4. The van der Waals surface area contributed by atoms with E-state index in [1.165, 1.54) is 0 Å². The van der Waals surface area contributed by atoms with Gasteiger partial charge in [0.15, 0.2) is 0 Å². The maximum atomic E-state index is 13.0. The molecule has 0 unspecified atom stereocenters. The number of carbonyl (C=O) groups excluding carboxylic acids is 2. The molecule has 1 fully saturated rings. The molecule has 1 saturated heterocycles. The highest BCUT2D eigenvalue weighted by molar-refractivity contribution is 6.30. The van der Waals surface area contributed by atoms with Crippen LogP contribution in [-0.2, 0) is 4.79 Å². The van der Waals surface area contributed by atoms with Crippen molar-refractivity contribution in [1.29, 1.82) is 0 Å². The van der Waals surface area contributed by atoms with Crippen molar-refractivity contribution < 1.29 is 14.3 Å². The predicted molar refractivity (Wildman–Crippen MR) is 114 cm³/mol. The van der Waals surface area contributed by atoms with Crippen LogP contribution in [0, 0.1) is 5.92 Å². The number of unbranched alkanes of at least 4 members (excludes halogenated alkanes) is 1. The largest absolute Gasteiger partial charge is 0.496 e. The normalized spacial score (nSPS) is 18.5. The summed E-state index contributed by atoms with van der Waals surface area (Å²) in [5, 5.41) is 3.62. The van der Waals surface area contributed by atoms with Crippen molar-refractivity contribution in [3.8, 4) is 5.75 Å². The molecule has 2 aromatic carbocycles. The Kier molecular flexibility index (Phi) is 7.15. The summed E-state index contributed by atoms with van der Waals surface area (Å²) < 4.78 is 5.53. The van der Waals surface area contributed by atoms with Gasteiger partial charge in [-0.2, -0.15) is 0 Å². The minimum absolute atomic E-state index is 0.0132. The zero-order chi connectivity index (χ0) is 20.8. The Morgan fingerprint density at radius 2 is 1.86 bits per heavy atom. The lowest BCUT2D eigenvalue weighted by Crippen LogP contribution is -2.36. The van der Waals surface area contributed by atoms with Crippen LogP contribution in [0.5, 0.6) is 5.75 Å². The summed E-state index contributed by atoms with van der Waals surface area (Å²) in [5.74, 6) is 0.194. The summed E-state index contributed by atoms with van der Waals surface area (Å²) in [4.78, 5) is 27.7. The van der Waals surface area contributed by atoms with Crippen LogP contribution in [0.4, 0.5) is 0 Å². The monoisotopic (exact) mass is 414 g/mol. The Hall–Kier alpha value is -2.53. The third kappa shape index (κ3) is 4.91. The molecule has 1 aliphatic heterocycles. The van der Waals surface area contributed by atoms with E-state index in [9.17, 15) is 9.59 Å². The van der Waals surface area contributed by atoms with Gasteiger partial charge in [-0.15, -0.1) is 0 Å². The van der Waals surface area contributed by atoms with E-state index in [2.05, 4.69) is 12.2 Å². The summed E-state index contributed by atoms with van der Waals surface area (Å²) >= 11 is 5.95. The smallest absolute Gasteiger partial charge is 0.253 e. The SMILES string of the molecule is CCCCNC(=O)[C@H]1CN(C(=O)c2ccc(Cl)cc2)C[C@H]1c1ccccc1OC. The number of nitrogens with one attached hydrogen (secondary N) is 1. The molecule has 6 heteroatoms. The zero-order valence-corrected chi connectivity index (χ0v) is 17.6. The first-order valence-electron chi connectivity index (χ1n) is 10.0. The molecule has 0 radical (unpaired) electrons. The molecule has 3 rings (SSSR count). The Balaban J connectivity index is 1.86. The molecule has 0 spiro atoms. The Morgan fingerprint density at radius 1 is 1.14 bits per heavy atom. The van der Waals surface area contributed by atoms with Gasteiger partial charge in [0, 0.05) is 36.1 Å². The number of nitrogens with zero attached hydrogens (tertiary/aromatic N) is 1. The second-order valence-corrected chi connectivity index (χ2v) is 7.75. The molecule has 0 aliphatic carbocycles. The Labute approximate surface area is 177 Å². The topological polar surface area (TPSA) is 58.6 Å². The number of amides is 2. The second-order valence-electron chi connectivity index (χ2n) is 7.32. The van der Waals surface area contributed by atoms with E-state index in [4.69, 9.17) is 16.3 Å². The van der Waals surface area contributed by atoms with Crippen molar-refractivity contribution in [3.63, 3.8) is 0 Å². The lowest BCUT2D eigenvalue weighted by atomic mass is 9.87. The molecule has 1 aliphatic rings. The molecule has 2 amide bonds. The summed E-state index contributed by atoms with van der Waals surface area (Å²) in [7, 11) is 1.63. The fraction of sp³-hybridized carbons (Fsp3) is 0.391. The third-order valence-corrected chi connectivity index (χ3v) is 5.65. The Morgan fingerprint density at radius 3 is 2.55 bits per heavy atom. The molecule has 0 bridgehead atoms. The van der Waals surface area contributed by atoms with Gasteiger partial charge in [-0.05, 0) is 42.3 Å². The quantitative estimate of drug-likeness (QED) is 0.693. The van der Waals surface area contributed by atoms with E-state index in [1.54, 1.807) is 36.3 Å². The van der Waals surface area contributed by atoms with Gasteiger partial charge in [0.1, 0.15) is 5.75 Å². The van der Waals surface area contributed by atoms with Crippen LogP contribution in [-0.4, -0.2) is 43.5 Å². The standard InChI is InChI=1S/C23H27ClN2O3/c1-3-4-13-25-22(27)20-15-26(23(28)16-9-11-17(24)12-10-16)14-19(20)18-7-5-6-8-21(18)29-2/h5-12,19-20H,3-4,13-15H2,1-2H3,(H,25,27)/t19-,20-/m0/s1. The predicted octanol–water partition coefficient (Wildman–Crippen LogP) is 4.12. The number of carbonyl (C=O) groups is 2. The van der Waals surface area contributed by atoms with Crippen molar-refractivity contribution in [2.24, 2.45) is 5.92 Å². The number of hydrogen-bond acceptors (Lipinski definition) is 3. The van der Waals surface area contributed by atoms with E-state index in [1.807, 2.05) is 24.3 Å². The van der Waals surface area contributed by atoms with Crippen LogP contribution < -0.4 is 10.1 Å². The minimum atomic E-state index is -0.320. The maximum Gasteiger partial charge on any atom is 0.253 e. The van der Waals surface area contributed by atoms with E-state index in [-0.39, 0.29) is 23.7 Å². The summed E-state index contributed by atoms with van der Waals surface area (Å²) in [5.41, 5.74) is 1.53. The van der Waals surface area contributed by atoms with Gasteiger partial charge in [0.2, 0.25) is 5.91 Å². The van der Waals surface area contributed by atoms with Gasteiger partial charge in [-0.1, -0.05) is 43.1 Å². The molecule has 154 valence electrons. The molecule has 2 atom stereocenters. The average Bonchev–Trinajstić information content (AvgIpc) is 3.19. The van der Waals surface area contributed by atoms with Crippen molar-refractivity contribution in [1.82, 2.24) is 10.2 Å². The summed E-state index contributed by atoms with van der Waals surface area (Å²) in [6, 6.07) is 14.6. The number of likely N-dealkylation sites (tertiary alicyclic amines) is 1. The summed E-state index contributed by atoms with van der Waals surface area (Å²) in [6.07, 6.45) is 1.95. The third-order valence-electron chi connectivity index (χ3n) is 5.40. The number of methoxy groups -OCH3 is 1. The van der Waals surface area contributed by atoms with Crippen LogP contribution in [0.15, 0.2) is 48.5 Å². The highest BCUT2D eigenvalue weighted by Crippen LogP contribution is 2.38. The highest BCUT2D eigenvalue weighted by Gasteiger charge is 2.41.